The number of carbonyl (C=O) groups excluding carboxylic acids is 3. The van der Waals surface area contributed by atoms with E-state index in [2.05, 4.69) is 20.0 Å². The van der Waals surface area contributed by atoms with Crippen LogP contribution >= 0.6 is 11.6 Å². The van der Waals surface area contributed by atoms with Crippen LogP contribution in [0.15, 0.2) is 47.6 Å². The fourth-order valence-corrected chi connectivity index (χ4v) is 3.89. The fraction of sp³-hybridized carbons (Fsp3) is 0.333. The number of rotatable bonds is 10. The lowest BCUT2D eigenvalue weighted by atomic mass is 9.98. The number of hydrogen-bond donors (Lipinski definition) is 2. The van der Waals surface area contributed by atoms with Crippen molar-refractivity contribution in [3.8, 4) is 5.75 Å². The van der Waals surface area contributed by atoms with Gasteiger partial charge in [-0.05, 0) is 30.2 Å². The van der Waals surface area contributed by atoms with Crippen LogP contribution < -0.4 is 15.8 Å². The van der Waals surface area contributed by atoms with Gasteiger partial charge < -0.3 is 30.3 Å². The van der Waals surface area contributed by atoms with Crippen molar-refractivity contribution in [2.45, 2.75) is 38.6 Å². The van der Waals surface area contributed by atoms with Gasteiger partial charge >= 0.3 is 12.6 Å². The van der Waals surface area contributed by atoms with E-state index in [0.717, 1.165) is 24.6 Å². The highest BCUT2D eigenvalue weighted by atomic mass is 35.5. The second-order valence-corrected chi connectivity index (χ2v) is 8.43. The molecule has 198 valence electrons. The second kappa shape index (κ2) is 12.3. The molecular weight excluding hydrogens is 514 g/mol. The molecular formula is C24H25ClF2N4O6. The molecule has 0 bridgehead atoms. The number of nitrogens with one attached hydrogen (secondary N) is 1. The average molecular weight is 539 g/mol. The lowest BCUT2D eigenvalue weighted by Crippen LogP contribution is -2.59. The highest BCUT2D eigenvalue weighted by Crippen LogP contribution is 2.32. The van der Waals surface area contributed by atoms with Gasteiger partial charge in [0.25, 0.3) is 5.91 Å². The largest absolute Gasteiger partial charge is 0.447 e. The Morgan fingerprint density at radius 2 is 1.92 bits per heavy atom. The summed E-state index contributed by atoms with van der Waals surface area (Å²) in [7, 11) is 1.38. The molecule has 3 N–H and O–H groups in total. The molecule has 0 aromatic heterocycles. The molecule has 2 atom stereocenters. The maximum Gasteiger partial charge on any atom is 0.387 e. The standard InChI is InChI=1S/C24H25ClF2N4O6/c1-13(32)36-20(16-9-17(25)11-18(10-16)37-24(26)27)23(34)31-8-7-19(31)22(33)29-12-14-3-5-15(6-4-14)21(28)30-35-2/h3-6,9-11,19-20,24H,7-8,12H2,1-2H3,(H2,28,30)(H,29,33)/t19-,20+/m0/s1. The van der Waals surface area contributed by atoms with Crippen molar-refractivity contribution in [2.24, 2.45) is 10.9 Å². The normalized spacial score (nSPS) is 16.0. The Morgan fingerprint density at radius 3 is 2.49 bits per heavy atom. The fourth-order valence-electron chi connectivity index (χ4n) is 3.66. The van der Waals surface area contributed by atoms with Gasteiger partial charge in [0.2, 0.25) is 12.0 Å². The van der Waals surface area contributed by atoms with Crippen LogP contribution in [-0.2, 0) is 30.5 Å². The van der Waals surface area contributed by atoms with Gasteiger partial charge in [-0.3, -0.25) is 14.4 Å². The number of amides is 2. The maximum atomic E-state index is 13.3. The van der Waals surface area contributed by atoms with Crippen molar-refractivity contribution in [1.82, 2.24) is 10.2 Å². The zero-order valence-electron chi connectivity index (χ0n) is 19.9. The Bertz CT molecular complexity index is 1180. The molecule has 1 aliphatic heterocycles. The van der Waals surface area contributed by atoms with Crippen LogP contribution in [0.3, 0.4) is 0 Å². The number of oxime groups is 1. The van der Waals surface area contributed by atoms with Crippen LogP contribution in [0, 0.1) is 0 Å². The Hall–Kier alpha value is -3.93. The molecule has 0 unspecified atom stereocenters. The van der Waals surface area contributed by atoms with Crippen LogP contribution in [0.1, 0.15) is 36.1 Å². The van der Waals surface area contributed by atoms with Gasteiger partial charge in [0.15, 0.2) is 5.84 Å². The van der Waals surface area contributed by atoms with Crippen LogP contribution in [-0.4, -0.2) is 54.8 Å². The number of likely N-dealkylation sites (tertiary alicyclic amines) is 1. The van der Waals surface area contributed by atoms with Crippen LogP contribution in [0.5, 0.6) is 5.75 Å². The van der Waals surface area contributed by atoms with Crippen molar-refractivity contribution < 1.29 is 37.5 Å². The average Bonchev–Trinajstić information content (AvgIpc) is 2.80. The predicted octanol–water partition coefficient (Wildman–Crippen LogP) is 2.73. The summed E-state index contributed by atoms with van der Waals surface area (Å²) in [4.78, 5) is 43.6. The SMILES string of the molecule is CO/N=C(\N)c1ccc(CNC(=O)[C@@H]2CCN2C(=O)[C@H](OC(C)=O)c2cc(Cl)cc(OC(F)F)c2)cc1. The molecule has 1 saturated heterocycles. The molecule has 3 rings (SSSR count). The first-order valence-electron chi connectivity index (χ1n) is 11.1. The molecule has 0 spiro atoms. The molecule has 2 aromatic rings. The minimum absolute atomic E-state index is 0.00253. The summed E-state index contributed by atoms with van der Waals surface area (Å²) in [5.41, 5.74) is 7.22. The highest BCUT2D eigenvalue weighted by molar-refractivity contribution is 6.30. The molecule has 0 aliphatic carbocycles. The van der Waals surface area contributed by atoms with E-state index < -0.39 is 36.5 Å². The number of nitrogens with two attached hydrogens (primary N) is 1. The summed E-state index contributed by atoms with van der Waals surface area (Å²) in [6, 6.07) is 9.72. The first-order chi connectivity index (χ1) is 17.6. The Labute approximate surface area is 216 Å². The first kappa shape index (κ1) is 27.7. The van der Waals surface area contributed by atoms with Crippen molar-refractivity contribution in [1.29, 1.82) is 0 Å². The Kier molecular flexibility index (Phi) is 9.23. The third kappa shape index (κ3) is 7.29. The van der Waals surface area contributed by atoms with E-state index in [4.69, 9.17) is 22.1 Å². The summed E-state index contributed by atoms with van der Waals surface area (Å²) >= 11 is 5.99. The predicted molar refractivity (Wildman–Crippen MR) is 129 cm³/mol. The molecule has 10 nitrogen and oxygen atoms in total. The van der Waals surface area contributed by atoms with E-state index in [-0.39, 0.29) is 35.3 Å². The third-order valence-corrected chi connectivity index (χ3v) is 5.66. The first-order valence-corrected chi connectivity index (χ1v) is 11.4. The van der Waals surface area contributed by atoms with Gasteiger partial charge in [-0.1, -0.05) is 41.0 Å². The lowest BCUT2D eigenvalue weighted by Gasteiger charge is -2.41. The van der Waals surface area contributed by atoms with E-state index in [1.54, 1.807) is 24.3 Å². The molecule has 13 heteroatoms. The molecule has 0 saturated carbocycles. The van der Waals surface area contributed by atoms with Gasteiger partial charge in [0, 0.05) is 36.2 Å². The number of alkyl halides is 2. The van der Waals surface area contributed by atoms with Gasteiger partial charge in [-0.25, -0.2) is 0 Å². The second-order valence-electron chi connectivity index (χ2n) is 8.00. The molecule has 2 amide bonds. The summed E-state index contributed by atoms with van der Waals surface area (Å²) in [5.74, 6) is -1.98. The molecule has 37 heavy (non-hydrogen) atoms. The van der Waals surface area contributed by atoms with E-state index in [1.165, 1.54) is 18.1 Å². The zero-order chi connectivity index (χ0) is 27.1. The van der Waals surface area contributed by atoms with Gasteiger partial charge in [-0.2, -0.15) is 8.78 Å². The van der Waals surface area contributed by atoms with Gasteiger partial charge in [-0.15, -0.1) is 0 Å². The van der Waals surface area contributed by atoms with Crippen molar-refractivity contribution >= 4 is 35.2 Å². The number of halogens is 3. The van der Waals surface area contributed by atoms with Crippen molar-refractivity contribution in [2.75, 3.05) is 13.7 Å². The maximum absolute atomic E-state index is 13.3. The summed E-state index contributed by atoms with van der Waals surface area (Å²) in [5, 5.41) is 6.41. The van der Waals surface area contributed by atoms with E-state index >= 15 is 0 Å². The Balaban J connectivity index is 1.69. The number of nitrogens with zero attached hydrogens (tertiary/aromatic N) is 2. The highest BCUT2D eigenvalue weighted by Gasteiger charge is 2.42. The monoisotopic (exact) mass is 538 g/mol. The quantitative estimate of drug-likeness (QED) is 0.206. The number of ether oxygens (including phenoxy) is 2. The van der Waals surface area contributed by atoms with Gasteiger partial charge in [0.05, 0.1) is 0 Å². The van der Waals surface area contributed by atoms with Crippen LogP contribution in [0.4, 0.5) is 8.78 Å². The third-order valence-electron chi connectivity index (χ3n) is 5.44. The van der Waals surface area contributed by atoms with Crippen molar-refractivity contribution in [3.63, 3.8) is 0 Å². The number of hydrogen-bond acceptors (Lipinski definition) is 7. The molecule has 1 aliphatic rings. The number of amidine groups is 1. The van der Waals surface area contributed by atoms with Crippen LogP contribution in [0.25, 0.3) is 0 Å². The van der Waals surface area contributed by atoms with Gasteiger partial charge in [0.1, 0.15) is 18.9 Å². The van der Waals surface area contributed by atoms with E-state index in [1.807, 2.05) is 0 Å². The lowest BCUT2D eigenvalue weighted by molar-refractivity contribution is -0.165. The summed E-state index contributed by atoms with van der Waals surface area (Å²) in [6.07, 6.45) is -1.11. The minimum Gasteiger partial charge on any atom is -0.447 e. The molecule has 1 heterocycles. The zero-order valence-corrected chi connectivity index (χ0v) is 20.7. The van der Waals surface area contributed by atoms with E-state index in [9.17, 15) is 23.2 Å². The molecule has 2 aromatic carbocycles. The minimum atomic E-state index is -3.12. The Morgan fingerprint density at radius 1 is 1.22 bits per heavy atom. The number of carbonyl (C=O) groups is 3. The smallest absolute Gasteiger partial charge is 0.387 e. The number of benzene rings is 2. The van der Waals surface area contributed by atoms with Crippen molar-refractivity contribution in [3.05, 3.63) is 64.2 Å². The molecule has 0 radical (unpaired) electrons. The topological polar surface area (TPSA) is 133 Å². The number of esters is 1. The summed E-state index contributed by atoms with van der Waals surface area (Å²) < 4.78 is 34.9. The summed E-state index contributed by atoms with van der Waals surface area (Å²) in [6.45, 7) is -1.59. The van der Waals surface area contributed by atoms with E-state index in [0.29, 0.717) is 12.0 Å². The van der Waals surface area contributed by atoms with Crippen LogP contribution in [0.2, 0.25) is 5.02 Å². The molecule has 1 fully saturated rings.